The van der Waals surface area contributed by atoms with Crippen LogP contribution in [0.2, 0.25) is 20.1 Å². The minimum atomic E-state index is -0.400. The fraction of sp³-hybridized carbons (Fsp3) is 0.154. The van der Waals surface area contributed by atoms with Crippen molar-refractivity contribution in [2.75, 3.05) is 13.2 Å². The Morgan fingerprint density at radius 3 is 2.36 bits per heavy atom. The number of hydrogen-bond acceptors (Lipinski definition) is 5. The van der Waals surface area contributed by atoms with Crippen molar-refractivity contribution in [3.05, 3.63) is 96.3 Å². The molecule has 10 heteroatoms. The molecule has 0 N–H and O–H groups in total. The summed E-state index contributed by atoms with van der Waals surface area (Å²) in [6.07, 6.45) is 1.57. The van der Waals surface area contributed by atoms with E-state index in [0.29, 0.717) is 21.4 Å². The van der Waals surface area contributed by atoms with E-state index in [1.54, 1.807) is 36.4 Å². The Bertz CT molecular complexity index is 1340. The highest BCUT2D eigenvalue weighted by molar-refractivity contribution is 8.18. The molecule has 36 heavy (non-hydrogen) atoms. The molecule has 1 aliphatic heterocycles. The van der Waals surface area contributed by atoms with Crippen molar-refractivity contribution in [3.63, 3.8) is 0 Å². The largest absolute Gasteiger partial charge is 0.492 e. The zero-order chi connectivity index (χ0) is 25.8. The average molecular weight is 583 g/mol. The number of halogens is 4. The van der Waals surface area contributed by atoms with Gasteiger partial charge >= 0.3 is 0 Å². The van der Waals surface area contributed by atoms with E-state index in [2.05, 4.69) is 0 Å². The first-order valence-electron chi connectivity index (χ1n) is 10.7. The normalized spacial score (nSPS) is 14.6. The van der Waals surface area contributed by atoms with Gasteiger partial charge in [-0.2, -0.15) is 0 Å². The Hall–Kier alpha value is -2.35. The van der Waals surface area contributed by atoms with Crippen LogP contribution < -0.4 is 9.47 Å². The van der Waals surface area contributed by atoms with E-state index in [9.17, 15) is 9.59 Å². The number of carbonyl (C=O) groups is 2. The molecule has 1 fully saturated rings. The summed E-state index contributed by atoms with van der Waals surface area (Å²) in [6, 6.07) is 15.9. The van der Waals surface area contributed by atoms with Crippen molar-refractivity contribution in [1.29, 1.82) is 0 Å². The molecule has 0 aliphatic carbocycles. The van der Waals surface area contributed by atoms with Crippen LogP contribution in [0.25, 0.3) is 6.08 Å². The summed E-state index contributed by atoms with van der Waals surface area (Å²) in [4.78, 5) is 26.7. The van der Waals surface area contributed by atoms with E-state index < -0.39 is 5.91 Å². The summed E-state index contributed by atoms with van der Waals surface area (Å²) in [7, 11) is 0. The van der Waals surface area contributed by atoms with Gasteiger partial charge in [0, 0.05) is 15.6 Å². The Labute approximate surface area is 232 Å². The number of thioether (sulfide) groups is 1. The molecule has 1 heterocycles. The molecule has 5 nitrogen and oxygen atoms in total. The van der Waals surface area contributed by atoms with Gasteiger partial charge in [0.15, 0.2) is 5.75 Å². The van der Waals surface area contributed by atoms with Crippen LogP contribution in [0.3, 0.4) is 0 Å². The molecule has 186 valence electrons. The molecule has 0 unspecified atom stereocenters. The molecule has 0 spiro atoms. The quantitative estimate of drug-likeness (QED) is 0.250. The van der Waals surface area contributed by atoms with Gasteiger partial charge in [0.25, 0.3) is 11.1 Å². The van der Waals surface area contributed by atoms with Gasteiger partial charge < -0.3 is 9.47 Å². The van der Waals surface area contributed by atoms with E-state index in [-0.39, 0.29) is 45.7 Å². The minimum absolute atomic E-state index is 0.136. The van der Waals surface area contributed by atoms with Crippen LogP contribution in [-0.4, -0.2) is 29.2 Å². The molecule has 0 saturated carbocycles. The number of aryl methyl sites for hydroxylation is 1. The first-order valence-corrected chi connectivity index (χ1v) is 13.0. The zero-order valence-electron chi connectivity index (χ0n) is 18.9. The van der Waals surface area contributed by atoms with Gasteiger partial charge in [-0.25, -0.2) is 0 Å². The van der Waals surface area contributed by atoms with E-state index in [4.69, 9.17) is 55.9 Å². The first kappa shape index (κ1) is 26.7. The molecule has 0 radical (unpaired) electrons. The Morgan fingerprint density at radius 1 is 0.917 bits per heavy atom. The van der Waals surface area contributed by atoms with Gasteiger partial charge in [-0.15, -0.1) is 0 Å². The average Bonchev–Trinajstić information content (AvgIpc) is 3.07. The van der Waals surface area contributed by atoms with Crippen molar-refractivity contribution in [3.8, 4) is 11.5 Å². The first-order chi connectivity index (χ1) is 17.2. The van der Waals surface area contributed by atoms with Crippen LogP contribution in [0.4, 0.5) is 4.79 Å². The van der Waals surface area contributed by atoms with Crippen LogP contribution in [0.1, 0.15) is 16.7 Å². The van der Waals surface area contributed by atoms with E-state index in [1.165, 1.54) is 0 Å². The highest BCUT2D eigenvalue weighted by Crippen LogP contribution is 2.38. The molecule has 4 rings (SSSR count). The van der Waals surface area contributed by atoms with Gasteiger partial charge in [-0.05, 0) is 72.3 Å². The van der Waals surface area contributed by atoms with Gasteiger partial charge in [0.05, 0.1) is 21.5 Å². The third kappa shape index (κ3) is 6.50. The monoisotopic (exact) mass is 581 g/mol. The fourth-order valence-corrected chi connectivity index (χ4v) is 5.33. The smallest absolute Gasteiger partial charge is 0.293 e. The third-order valence-electron chi connectivity index (χ3n) is 5.15. The summed E-state index contributed by atoms with van der Waals surface area (Å²) in [6.45, 7) is 2.42. The Morgan fingerprint density at radius 2 is 1.67 bits per heavy atom. The summed E-state index contributed by atoms with van der Waals surface area (Å²) in [5.74, 6) is 0.563. The molecular weight excluding hydrogens is 564 g/mol. The minimum Gasteiger partial charge on any atom is -0.492 e. The molecule has 0 aromatic heterocycles. The maximum atomic E-state index is 12.8. The summed E-state index contributed by atoms with van der Waals surface area (Å²) >= 11 is 25.8. The second kappa shape index (κ2) is 11.8. The van der Waals surface area contributed by atoms with Crippen LogP contribution in [0.5, 0.6) is 11.5 Å². The van der Waals surface area contributed by atoms with E-state index in [0.717, 1.165) is 27.8 Å². The maximum Gasteiger partial charge on any atom is 0.293 e. The van der Waals surface area contributed by atoms with Crippen LogP contribution in [0, 0.1) is 6.92 Å². The van der Waals surface area contributed by atoms with Gasteiger partial charge in [-0.1, -0.05) is 64.6 Å². The number of ether oxygens (including phenoxy) is 2. The molecule has 1 saturated heterocycles. The standard InChI is InChI=1S/C26H19Cl4NO4S/c1-15-3-2-4-19(9-15)34-8-7-31-25(32)23(36-26(31)33)12-16-10-21(29)24(22(30)11-16)35-14-17-5-6-18(27)13-20(17)28/h2-6,9-13H,7-8,14H2,1H3/b23-12-. The second-order valence-corrected chi connectivity index (χ2v) is 10.5. The Balaban J connectivity index is 1.41. The summed E-state index contributed by atoms with van der Waals surface area (Å²) < 4.78 is 11.5. The lowest BCUT2D eigenvalue weighted by molar-refractivity contribution is -0.123. The number of nitrogens with zero attached hydrogens (tertiary/aromatic N) is 1. The van der Waals surface area contributed by atoms with Crippen molar-refractivity contribution in [1.82, 2.24) is 4.90 Å². The predicted octanol–water partition coefficient (Wildman–Crippen LogP) is 8.30. The number of carbonyl (C=O) groups excluding carboxylic acids is 2. The summed E-state index contributed by atoms with van der Waals surface area (Å²) in [5.41, 5.74) is 2.34. The lowest BCUT2D eigenvalue weighted by atomic mass is 10.2. The highest BCUT2D eigenvalue weighted by Gasteiger charge is 2.34. The number of benzene rings is 3. The number of amides is 2. The summed E-state index contributed by atoms with van der Waals surface area (Å²) in [5, 5.41) is 1.13. The molecule has 0 bridgehead atoms. The van der Waals surface area contributed by atoms with E-state index >= 15 is 0 Å². The zero-order valence-corrected chi connectivity index (χ0v) is 22.7. The fourth-order valence-electron chi connectivity index (χ4n) is 3.39. The third-order valence-corrected chi connectivity index (χ3v) is 7.21. The van der Waals surface area contributed by atoms with Gasteiger partial charge in [-0.3, -0.25) is 14.5 Å². The molecule has 3 aromatic rings. The van der Waals surface area contributed by atoms with Crippen molar-refractivity contribution < 1.29 is 19.1 Å². The topological polar surface area (TPSA) is 55.8 Å². The predicted molar refractivity (Wildman–Crippen MR) is 147 cm³/mol. The molecular formula is C26H19Cl4NO4S. The number of hydrogen-bond donors (Lipinski definition) is 0. The SMILES string of the molecule is Cc1cccc(OCCN2C(=O)S/C(=C\c3cc(Cl)c(OCc4ccc(Cl)cc4Cl)c(Cl)c3)C2=O)c1. The van der Waals surface area contributed by atoms with Crippen LogP contribution in [-0.2, 0) is 11.4 Å². The molecule has 0 atom stereocenters. The molecule has 3 aromatic carbocycles. The Kier molecular flexibility index (Phi) is 8.75. The highest BCUT2D eigenvalue weighted by atomic mass is 35.5. The van der Waals surface area contributed by atoms with Crippen molar-refractivity contribution in [2.24, 2.45) is 0 Å². The van der Waals surface area contributed by atoms with Crippen molar-refractivity contribution >= 4 is 75.4 Å². The molecule has 1 aliphatic rings. The lowest BCUT2D eigenvalue weighted by Gasteiger charge is -2.13. The van der Waals surface area contributed by atoms with Gasteiger partial charge in [0.1, 0.15) is 19.0 Å². The van der Waals surface area contributed by atoms with Gasteiger partial charge in [0.2, 0.25) is 0 Å². The van der Waals surface area contributed by atoms with Crippen LogP contribution >= 0.6 is 58.2 Å². The van der Waals surface area contributed by atoms with Crippen LogP contribution in [0.15, 0.2) is 59.5 Å². The number of rotatable bonds is 8. The molecule has 2 amide bonds. The second-order valence-electron chi connectivity index (χ2n) is 7.84. The maximum absolute atomic E-state index is 12.8. The lowest BCUT2D eigenvalue weighted by Crippen LogP contribution is -2.32. The van der Waals surface area contributed by atoms with E-state index in [1.807, 2.05) is 31.2 Å². The van der Waals surface area contributed by atoms with Crippen molar-refractivity contribution in [2.45, 2.75) is 13.5 Å². The number of imide groups is 1.